The quantitative estimate of drug-likeness (QED) is 0.723. The number of hydrogen-bond donors (Lipinski definition) is 0. The number of anilines is 2. The number of piperazine rings is 1. The average Bonchev–Trinajstić information content (AvgIpc) is 3.53. The Balaban J connectivity index is 1.25. The zero-order chi connectivity index (χ0) is 21.3. The fourth-order valence-electron chi connectivity index (χ4n) is 5.42. The van der Waals surface area contributed by atoms with Gasteiger partial charge in [-0.15, -0.1) is 10.2 Å². The standard InChI is InChI=1S/C24H30ClN5O/c25-20-7-5-19(6-8-20)24(11-1-2-12-24)23(31)30-17-15-29(16-18-30)22-10-9-21(26-27-22)28-13-3-4-14-28/h5-10H,1-4,11-18H2. The van der Waals surface area contributed by atoms with Crippen molar-refractivity contribution in [3.05, 3.63) is 47.0 Å². The number of carbonyl (C=O) groups is 1. The number of nitrogens with zero attached hydrogens (tertiary/aromatic N) is 5. The molecular weight excluding hydrogens is 410 g/mol. The molecule has 2 aliphatic heterocycles. The molecule has 3 aliphatic rings. The van der Waals surface area contributed by atoms with Crippen molar-refractivity contribution < 1.29 is 4.79 Å². The molecule has 0 radical (unpaired) electrons. The van der Waals surface area contributed by atoms with E-state index in [1.165, 1.54) is 12.8 Å². The van der Waals surface area contributed by atoms with Gasteiger partial charge in [0.25, 0.3) is 0 Å². The Morgan fingerprint density at radius 3 is 1.84 bits per heavy atom. The smallest absolute Gasteiger partial charge is 0.233 e. The molecule has 1 amide bonds. The number of hydrogen-bond acceptors (Lipinski definition) is 5. The van der Waals surface area contributed by atoms with E-state index in [0.717, 1.165) is 87.2 Å². The van der Waals surface area contributed by atoms with Crippen LogP contribution in [0.3, 0.4) is 0 Å². The molecule has 3 fully saturated rings. The van der Waals surface area contributed by atoms with Gasteiger partial charge in [-0.05, 0) is 55.5 Å². The van der Waals surface area contributed by atoms with Gasteiger partial charge >= 0.3 is 0 Å². The predicted molar refractivity (Wildman–Crippen MR) is 124 cm³/mol. The first-order valence-corrected chi connectivity index (χ1v) is 11.9. The maximum absolute atomic E-state index is 13.7. The van der Waals surface area contributed by atoms with Crippen LogP contribution in [-0.2, 0) is 10.2 Å². The lowest BCUT2D eigenvalue weighted by Crippen LogP contribution is -2.54. The van der Waals surface area contributed by atoms with E-state index in [1.807, 2.05) is 24.3 Å². The number of rotatable bonds is 4. The van der Waals surface area contributed by atoms with Crippen LogP contribution in [0.1, 0.15) is 44.1 Å². The molecule has 6 nitrogen and oxygen atoms in total. The fourth-order valence-corrected chi connectivity index (χ4v) is 5.54. The Kier molecular flexibility index (Phi) is 5.74. The van der Waals surface area contributed by atoms with Crippen LogP contribution in [0.2, 0.25) is 5.02 Å². The molecule has 0 bridgehead atoms. The minimum Gasteiger partial charge on any atom is -0.355 e. The van der Waals surface area contributed by atoms with Crippen molar-refractivity contribution in [2.45, 2.75) is 43.9 Å². The van der Waals surface area contributed by atoms with Gasteiger partial charge < -0.3 is 14.7 Å². The summed E-state index contributed by atoms with van der Waals surface area (Å²) in [5.41, 5.74) is 0.731. The summed E-state index contributed by atoms with van der Waals surface area (Å²) < 4.78 is 0. The molecule has 5 rings (SSSR count). The Labute approximate surface area is 189 Å². The van der Waals surface area contributed by atoms with Crippen molar-refractivity contribution in [2.75, 3.05) is 49.1 Å². The second kappa shape index (κ2) is 8.65. The minimum atomic E-state index is -0.385. The summed E-state index contributed by atoms with van der Waals surface area (Å²) in [4.78, 5) is 20.3. The molecular formula is C24H30ClN5O. The van der Waals surface area contributed by atoms with Crippen molar-refractivity contribution in [2.24, 2.45) is 0 Å². The second-order valence-corrected chi connectivity index (χ2v) is 9.46. The normalized spacial score (nSPS) is 21.0. The van der Waals surface area contributed by atoms with E-state index >= 15 is 0 Å². The van der Waals surface area contributed by atoms with E-state index in [4.69, 9.17) is 11.6 Å². The lowest BCUT2D eigenvalue weighted by Gasteiger charge is -2.40. The lowest BCUT2D eigenvalue weighted by molar-refractivity contribution is -0.137. The summed E-state index contributed by atoms with van der Waals surface area (Å²) in [6.07, 6.45) is 6.53. The highest BCUT2D eigenvalue weighted by Crippen LogP contribution is 2.43. The predicted octanol–water partition coefficient (Wildman–Crippen LogP) is 3.89. The molecule has 3 heterocycles. The number of amides is 1. The van der Waals surface area contributed by atoms with Crippen molar-refractivity contribution in [3.63, 3.8) is 0 Å². The molecule has 1 saturated carbocycles. The minimum absolute atomic E-state index is 0.280. The third-order valence-corrected chi connectivity index (χ3v) is 7.47. The molecule has 2 saturated heterocycles. The van der Waals surface area contributed by atoms with Gasteiger partial charge in [0.15, 0.2) is 11.6 Å². The van der Waals surface area contributed by atoms with E-state index in [1.54, 1.807) is 0 Å². The van der Waals surface area contributed by atoms with Gasteiger partial charge in [-0.1, -0.05) is 36.6 Å². The van der Waals surface area contributed by atoms with E-state index in [9.17, 15) is 4.79 Å². The van der Waals surface area contributed by atoms with E-state index in [0.29, 0.717) is 0 Å². The molecule has 7 heteroatoms. The van der Waals surface area contributed by atoms with Crippen molar-refractivity contribution in [1.29, 1.82) is 0 Å². The van der Waals surface area contributed by atoms with Crippen LogP contribution >= 0.6 is 11.6 Å². The van der Waals surface area contributed by atoms with Gasteiger partial charge in [-0.3, -0.25) is 4.79 Å². The van der Waals surface area contributed by atoms with Crippen molar-refractivity contribution >= 4 is 29.1 Å². The van der Waals surface area contributed by atoms with Crippen LogP contribution < -0.4 is 9.80 Å². The molecule has 0 spiro atoms. The fraction of sp³-hybridized carbons (Fsp3) is 0.542. The first-order valence-electron chi connectivity index (χ1n) is 11.5. The molecule has 0 N–H and O–H groups in total. The molecule has 1 aromatic heterocycles. The number of halogens is 1. The molecule has 1 aromatic carbocycles. The lowest BCUT2D eigenvalue weighted by atomic mass is 9.77. The van der Waals surface area contributed by atoms with Gasteiger partial charge in [0.2, 0.25) is 5.91 Å². The van der Waals surface area contributed by atoms with Crippen LogP contribution in [0.4, 0.5) is 11.6 Å². The van der Waals surface area contributed by atoms with Crippen molar-refractivity contribution in [3.8, 4) is 0 Å². The van der Waals surface area contributed by atoms with Crippen LogP contribution in [0.15, 0.2) is 36.4 Å². The van der Waals surface area contributed by atoms with Gasteiger partial charge in [0.05, 0.1) is 5.41 Å². The third-order valence-electron chi connectivity index (χ3n) is 7.22. The van der Waals surface area contributed by atoms with Gasteiger partial charge in [-0.25, -0.2) is 0 Å². The SMILES string of the molecule is O=C(N1CCN(c2ccc(N3CCCC3)nn2)CC1)C1(c2ccc(Cl)cc2)CCCC1. The molecule has 1 aliphatic carbocycles. The highest BCUT2D eigenvalue weighted by molar-refractivity contribution is 6.30. The first kappa shape index (κ1) is 20.6. The Bertz CT molecular complexity index is 897. The Morgan fingerprint density at radius 1 is 0.742 bits per heavy atom. The highest BCUT2D eigenvalue weighted by Gasteiger charge is 2.45. The van der Waals surface area contributed by atoms with E-state index in [2.05, 4.69) is 37.0 Å². The summed E-state index contributed by atoms with van der Waals surface area (Å²) >= 11 is 6.10. The number of aromatic nitrogens is 2. The molecule has 31 heavy (non-hydrogen) atoms. The van der Waals surface area contributed by atoms with Crippen LogP contribution in [0.5, 0.6) is 0 Å². The van der Waals surface area contributed by atoms with Gasteiger partial charge in [0, 0.05) is 44.3 Å². The Morgan fingerprint density at radius 2 is 1.29 bits per heavy atom. The Hall–Kier alpha value is -2.34. The monoisotopic (exact) mass is 439 g/mol. The third kappa shape index (κ3) is 3.98. The zero-order valence-corrected chi connectivity index (χ0v) is 18.7. The maximum Gasteiger partial charge on any atom is 0.233 e. The topological polar surface area (TPSA) is 52.6 Å². The van der Waals surface area contributed by atoms with Crippen LogP contribution in [0.25, 0.3) is 0 Å². The molecule has 0 atom stereocenters. The highest BCUT2D eigenvalue weighted by atomic mass is 35.5. The van der Waals surface area contributed by atoms with Gasteiger partial charge in [0.1, 0.15) is 0 Å². The second-order valence-electron chi connectivity index (χ2n) is 9.02. The number of carbonyl (C=O) groups excluding carboxylic acids is 1. The van der Waals surface area contributed by atoms with E-state index in [-0.39, 0.29) is 11.3 Å². The summed E-state index contributed by atoms with van der Waals surface area (Å²) in [5.74, 6) is 2.16. The summed E-state index contributed by atoms with van der Waals surface area (Å²) in [5, 5.41) is 9.65. The van der Waals surface area contributed by atoms with Crippen LogP contribution in [-0.4, -0.2) is 60.3 Å². The molecule has 2 aromatic rings. The zero-order valence-electron chi connectivity index (χ0n) is 18.0. The summed E-state index contributed by atoms with van der Waals surface area (Å²) in [6.45, 7) is 5.18. The molecule has 0 unspecified atom stereocenters. The van der Waals surface area contributed by atoms with Gasteiger partial charge in [-0.2, -0.15) is 0 Å². The largest absolute Gasteiger partial charge is 0.355 e. The summed E-state index contributed by atoms with van der Waals surface area (Å²) in [7, 11) is 0. The summed E-state index contributed by atoms with van der Waals surface area (Å²) in [6, 6.07) is 12.1. The van der Waals surface area contributed by atoms with E-state index < -0.39 is 0 Å². The first-order chi connectivity index (χ1) is 15.2. The van der Waals surface area contributed by atoms with Crippen molar-refractivity contribution in [1.82, 2.24) is 15.1 Å². The van der Waals surface area contributed by atoms with Crippen LogP contribution in [0, 0.1) is 0 Å². The average molecular weight is 440 g/mol. The number of benzene rings is 1. The molecule has 164 valence electrons. The maximum atomic E-state index is 13.7.